The summed E-state index contributed by atoms with van der Waals surface area (Å²) < 4.78 is 0. The summed E-state index contributed by atoms with van der Waals surface area (Å²) >= 11 is 6.16. The van der Waals surface area contributed by atoms with Crippen molar-refractivity contribution in [2.45, 2.75) is 19.4 Å². The van der Waals surface area contributed by atoms with Gasteiger partial charge >= 0.3 is 0 Å². The first-order valence-electron chi connectivity index (χ1n) is 6.14. The van der Waals surface area contributed by atoms with Crippen molar-refractivity contribution in [1.82, 2.24) is 0 Å². The summed E-state index contributed by atoms with van der Waals surface area (Å²) in [6.45, 7) is 1.72. The van der Waals surface area contributed by atoms with Gasteiger partial charge in [-0.05, 0) is 31.0 Å². The van der Waals surface area contributed by atoms with Crippen molar-refractivity contribution < 1.29 is 9.90 Å². The highest BCUT2D eigenvalue weighted by atomic mass is 35.5. The van der Waals surface area contributed by atoms with Gasteiger partial charge in [0, 0.05) is 11.1 Å². The largest absolute Gasteiger partial charge is 0.393 e. The molecule has 2 aromatic rings. The third-order valence-electron chi connectivity index (χ3n) is 2.85. The number of carbonyl (C=O) groups is 1. The lowest BCUT2D eigenvalue weighted by molar-refractivity contribution is 0.103. The van der Waals surface area contributed by atoms with E-state index in [4.69, 9.17) is 11.6 Å². The molecule has 0 bridgehead atoms. The number of halogens is 1. The fraction of sp³-hybridized carbons (Fsp3) is 0.188. The lowest BCUT2D eigenvalue weighted by Crippen LogP contribution is -2.06. The van der Waals surface area contributed by atoms with Gasteiger partial charge in [-0.1, -0.05) is 48.0 Å². The third-order valence-corrected chi connectivity index (χ3v) is 3.16. The van der Waals surface area contributed by atoms with Gasteiger partial charge in [0.05, 0.1) is 11.1 Å². The minimum atomic E-state index is -0.424. The molecule has 19 heavy (non-hydrogen) atoms. The molecule has 0 saturated heterocycles. The predicted octanol–water partition coefficient (Wildman–Crippen LogP) is 3.49. The maximum Gasteiger partial charge on any atom is 0.194 e. The summed E-state index contributed by atoms with van der Waals surface area (Å²) in [5.74, 6) is -0.0887. The van der Waals surface area contributed by atoms with Crippen LogP contribution < -0.4 is 0 Å². The molecule has 0 amide bonds. The third kappa shape index (κ3) is 3.43. The molecule has 0 aromatic heterocycles. The Labute approximate surface area is 117 Å². The Morgan fingerprint density at radius 3 is 2.47 bits per heavy atom. The molecule has 0 radical (unpaired) electrons. The van der Waals surface area contributed by atoms with Crippen LogP contribution >= 0.6 is 11.6 Å². The van der Waals surface area contributed by atoms with Crippen LogP contribution in [-0.2, 0) is 6.42 Å². The number of hydrogen-bond donors (Lipinski definition) is 1. The molecular weight excluding hydrogens is 260 g/mol. The Morgan fingerprint density at radius 2 is 1.89 bits per heavy atom. The van der Waals surface area contributed by atoms with Gasteiger partial charge in [0.15, 0.2) is 5.78 Å². The van der Waals surface area contributed by atoms with E-state index in [0.717, 1.165) is 5.56 Å². The quantitative estimate of drug-likeness (QED) is 0.867. The van der Waals surface area contributed by atoms with E-state index in [1.54, 1.807) is 31.2 Å². The van der Waals surface area contributed by atoms with Crippen molar-refractivity contribution in [2.75, 3.05) is 0 Å². The Balaban J connectivity index is 2.29. The summed E-state index contributed by atoms with van der Waals surface area (Å²) in [7, 11) is 0. The van der Waals surface area contributed by atoms with Crippen LogP contribution in [0.3, 0.4) is 0 Å². The molecule has 0 aliphatic rings. The molecule has 0 aliphatic carbocycles. The normalized spacial score (nSPS) is 12.2. The molecule has 3 heteroatoms. The fourth-order valence-electron chi connectivity index (χ4n) is 1.96. The zero-order valence-electron chi connectivity index (χ0n) is 10.6. The van der Waals surface area contributed by atoms with Crippen molar-refractivity contribution in [3.05, 3.63) is 70.2 Å². The number of carbonyl (C=O) groups excluding carboxylic acids is 1. The van der Waals surface area contributed by atoms with Crippen LogP contribution in [0.2, 0.25) is 5.02 Å². The number of benzene rings is 2. The van der Waals surface area contributed by atoms with E-state index in [1.165, 1.54) is 0 Å². The standard InChI is InChI=1S/C16H15ClO2/c1-11(18)9-12-7-8-14(15(17)10-12)16(19)13-5-3-2-4-6-13/h2-8,10-11,18H,9H2,1H3. The molecule has 0 heterocycles. The number of aliphatic hydroxyl groups excluding tert-OH is 1. The van der Waals surface area contributed by atoms with E-state index in [9.17, 15) is 9.90 Å². The predicted molar refractivity (Wildman–Crippen MR) is 76.7 cm³/mol. The average Bonchev–Trinajstić information content (AvgIpc) is 2.38. The van der Waals surface area contributed by atoms with E-state index >= 15 is 0 Å². The second kappa shape index (κ2) is 6.00. The molecule has 0 aliphatic heterocycles. The number of aliphatic hydroxyl groups is 1. The van der Waals surface area contributed by atoms with E-state index in [2.05, 4.69) is 0 Å². The summed E-state index contributed by atoms with van der Waals surface area (Å²) in [5, 5.41) is 9.77. The van der Waals surface area contributed by atoms with Crippen LogP contribution in [0.5, 0.6) is 0 Å². The summed E-state index contributed by atoms with van der Waals surface area (Å²) in [4.78, 5) is 12.3. The first-order chi connectivity index (χ1) is 9.08. The van der Waals surface area contributed by atoms with Crippen LogP contribution in [0, 0.1) is 0 Å². The number of rotatable bonds is 4. The molecule has 2 nitrogen and oxygen atoms in total. The highest BCUT2D eigenvalue weighted by Gasteiger charge is 2.13. The summed E-state index contributed by atoms with van der Waals surface area (Å²) in [6.07, 6.45) is 0.103. The average molecular weight is 275 g/mol. The van der Waals surface area contributed by atoms with Crippen LogP contribution in [0.25, 0.3) is 0 Å². The second-order valence-corrected chi connectivity index (χ2v) is 4.97. The lowest BCUT2D eigenvalue weighted by Gasteiger charge is -2.08. The Hall–Kier alpha value is -1.64. The van der Waals surface area contributed by atoms with E-state index in [1.807, 2.05) is 24.3 Å². The van der Waals surface area contributed by atoms with Crippen molar-refractivity contribution in [3.8, 4) is 0 Å². The Bertz CT molecular complexity index is 577. The number of ketones is 1. The topological polar surface area (TPSA) is 37.3 Å². The van der Waals surface area contributed by atoms with Gasteiger partial charge in [0.1, 0.15) is 0 Å². The smallest absolute Gasteiger partial charge is 0.194 e. The highest BCUT2D eigenvalue weighted by Crippen LogP contribution is 2.22. The van der Waals surface area contributed by atoms with Crippen molar-refractivity contribution >= 4 is 17.4 Å². The molecule has 1 atom stereocenters. The van der Waals surface area contributed by atoms with E-state index in [0.29, 0.717) is 22.6 Å². The van der Waals surface area contributed by atoms with Crippen LogP contribution in [-0.4, -0.2) is 17.0 Å². The van der Waals surface area contributed by atoms with E-state index < -0.39 is 6.10 Å². The lowest BCUT2D eigenvalue weighted by atomic mass is 10.0. The molecule has 0 fully saturated rings. The highest BCUT2D eigenvalue weighted by molar-refractivity contribution is 6.35. The maximum absolute atomic E-state index is 12.3. The SMILES string of the molecule is CC(O)Cc1ccc(C(=O)c2ccccc2)c(Cl)c1. The van der Waals surface area contributed by atoms with Crippen molar-refractivity contribution in [1.29, 1.82) is 0 Å². The fourth-order valence-corrected chi connectivity index (χ4v) is 2.24. The Kier molecular flexibility index (Phi) is 4.35. The zero-order chi connectivity index (χ0) is 13.8. The van der Waals surface area contributed by atoms with Crippen LogP contribution in [0.4, 0.5) is 0 Å². The molecule has 0 saturated carbocycles. The molecule has 0 spiro atoms. The molecular formula is C16H15ClO2. The van der Waals surface area contributed by atoms with Gasteiger partial charge < -0.3 is 5.11 Å². The van der Waals surface area contributed by atoms with Crippen LogP contribution in [0.1, 0.15) is 28.4 Å². The van der Waals surface area contributed by atoms with Gasteiger partial charge in [-0.25, -0.2) is 0 Å². The zero-order valence-corrected chi connectivity index (χ0v) is 11.4. The van der Waals surface area contributed by atoms with Gasteiger partial charge in [-0.15, -0.1) is 0 Å². The minimum Gasteiger partial charge on any atom is -0.393 e. The van der Waals surface area contributed by atoms with Crippen LogP contribution in [0.15, 0.2) is 48.5 Å². The maximum atomic E-state index is 12.3. The molecule has 2 aromatic carbocycles. The second-order valence-electron chi connectivity index (χ2n) is 4.56. The number of hydrogen-bond acceptors (Lipinski definition) is 2. The summed E-state index contributed by atoms with van der Waals surface area (Å²) in [6, 6.07) is 14.3. The van der Waals surface area contributed by atoms with Crippen molar-refractivity contribution in [3.63, 3.8) is 0 Å². The summed E-state index contributed by atoms with van der Waals surface area (Å²) in [5.41, 5.74) is 2.03. The monoisotopic (exact) mass is 274 g/mol. The molecule has 1 unspecified atom stereocenters. The first kappa shape index (κ1) is 13.8. The molecule has 2 rings (SSSR count). The Morgan fingerprint density at radius 1 is 1.21 bits per heavy atom. The van der Waals surface area contributed by atoms with Gasteiger partial charge in [-0.2, -0.15) is 0 Å². The van der Waals surface area contributed by atoms with Gasteiger partial charge in [0.2, 0.25) is 0 Å². The molecule has 98 valence electrons. The van der Waals surface area contributed by atoms with Gasteiger partial charge in [-0.3, -0.25) is 4.79 Å². The van der Waals surface area contributed by atoms with Crippen molar-refractivity contribution in [2.24, 2.45) is 0 Å². The molecule has 1 N–H and O–H groups in total. The van der Waals surface area contributed by atoms with Gasteiger partial charge in [0.25, 0.3) is 0 Å². The minimum absolute atomic E-state index is 0.0887. The first-order valence-corrected chi connectivity index (χ1v) is 6.52. The van der Waals surface area contributed by atoms with E-state index in [-0.39, 0.29) is 5.78 Å².